The minimum atomic E-state index is 0.172. The van der Waals surface area contributed by atoms with Crippen molar-refractivity contribution in [3.05, 3.63) is 40.4 Å². The molecule has 0 unspecified atom stereocenters. The second-order valence-electron chi connectivity index (χ2n) is 3.84. The van der Waals surface area contributed by atoms with Crippen LogP contribution >= 0.6 is 11.3 Å². The summed E-state index contributed by atoms with van der Waals surface area (Å²) in [6, 6.07) is 7.71. The van der Waals surface area contributed by atoms with Crippen LogP contribution in [0, 0.1) is 13.8 Å². The minimum absolute atomic E-state index is 0.172. The van der Waals surface area contributed by atoms with Crippen molar-refractivity contribution in [3.63, 3.8) is 0 Å². The molecule has 1 aromatic carbocycles. The summed E-state index contributed by atoms with van der Waals surface area (Å²) in [5.74, 6) is 0.778. The van der Waals surface area contributed by atoms with Crippen molar-refractivity contribution in [1.82, 2.24) is 4.98 Å². The van der Waals surface area contributed by atoms with E-state index in [-0.39, 0.29) is 6.61 Å². The molecule has 0 aliphatic carbocycles. The lowest BCUT2D eigenvalue weighted by atomic mass is 10.1. The van der Waals surface area contributed by atoms with Crippen molar-refractivity contribution in [3.8, 4) is 10.9 Å². The van der Waals surface area contributed by atoms with Gasteiger partial charge in [0.1, 0.15) is 5.75 Å². The molecule has 17 heavy (non-hydrogen) atoms. The van der Waals surface area contributed by atoms with Gasteiger partial charge in [0.05, 0.1) is 5.69 Å². The second-order valence-corrected chi connectivity index (χ2v) is 5.01. The van der Waals surface area contributed by atoms with E-state index in [1.54, 1.807) is 11.3 Å². The molecular weight excluding hydrogens is 234 g/mol. The highest BCUT2D eigenvalue weighted by Gasteiger charge is 2.05. The highest BCUT2D eigenvalue weighted by atomic mass is 32.1. The van der Waals surface area contributed by atoms with Gasteiger partial charge >= 0.3 is 0 Å². The van der Waals surface area contributed by atoms with Crippen LogP contribution in [0.3, 0.4) is 0 Å². The zero-order valence-corrected chi connectivity index (χ0v) is 10.8. The topological polar surface area (TPSA) is 42.4 Å². The SMILES string of the molecule is Cc1nc(Oc2ccc(CCO)cc2)sc1C. The van der Waals surface area contributed by atoms with Crippen molar-refractivity contribution in [2.75, 3.05) is 6.61 Å². The van der Waals surface area contributed by atoms with Gasteiger partial charge in [0, 0.05) is 11.5 Å². The molecule has 1 aromatic heterocycles. The Kier molecular flexibility index (Phi) is 3.76. The van der Waals surface area contributed by atoms with Crippen molar-refractivity contribution in [2.24, 2.45) is 0 Å². The molecule has 0 aliphatic rings. The zero-order valence-electron chi connectivity index (χ0n) is 9.93. The second kappa shape index (κ2) is 5.29. The average molecular weight is 249 g/mol. The zero-order chi connectivity index (χ0) is 12.3. The standard InChI is InChI=1S/C13H15NO2S/c1-9-10(2)17-13(14-9)16-12-5-3-11(4-6-12)7-8-15/h3-6,15H,7-8H2,1-2H3. The third-order valence-electron chi connectivity index (χ3n) is 2.54. The number of aliphatic hydroxyl groups excluding tert-OH is 1. The Morgan fingerprint density at radius 3 is 2.47 bits per heavy atom. The Morgan fingerprint density at radius 1 is 1.24 bits per heavy atom. The van der Waals surface area contributed by atoms with Crippen LogP contribution in [0.4, 0.5) is 0 Å². The molecule has 0 spiro atoms. The molecule has 0 aliphatic heterocycles. The van der Waals surface area contributed by atoms with E-state index in [2.05, 4.69) is 4.98 Å². The van der Waals surface area contributed by atoms with E-state index >= 15 is 0 Å². The van der Waals surface area contributed by atoms with Gasteiger partial charge in [0.2, 0.25) is 0 Å². The van der Waals surface area contributed by atoms with E-state index in [0.29, 0.717) is 11.6 Å². The fraction of sp³-hybridized carbons (Fsp3) is 0.308. The van der Waals surface area contributed by atoms with Gasteiger partial charge in [-0.05, 0) is 38.0 Å². The summed E-state index contributed by atoms with van der Waals surface area (Å²) < 4.78 is 5.66. The smallest absolute Gasteiger partial charge is 0.279 e. The Morgan fingerprint density at radius 2 is 1.94 bits per heavy atom. The maximum atomic E-state index is 8.82. The predicted molar refractivity (Wildman–Crippen MR) is 68.9 cm³/mol. The number of benzene rings is 1. The van der Waals surface area contributed by atoms with Crippen LogP contribution in [-0.2, 0) is 6.42 Å². The van der Waals surface area contributed by atoms with E-state index in [0.717, 1.165) is 17.0 Å². The molecule has 2 aromatic rings. The molecule has 1 heterocycles. The molecule has 4 heteroatoms. The fourth-order valence-electron chi connectivity index (χ4n) is 1.44. The summed E-state index contributed by atoms with van der Waals surface area (Å²) >= 11 is 1.55. The highest BCUT2D eigenvalue weighted by Crippen LogP contribution is 2.28. The summed E-state index contributed by atoms with van der Waals surface area (Å²) in [6.45, 7) is 4.18. The number of hydrogen-bond donors (Lipinski definition) is 1. The first kappa shape index (κ1) is 12.1. The molecule has 0 amide bonds. The first-order valence-electron chi connectivity index (χ1n) is 5.50. The maximum absolute atomic E-state index is 8.82. The Labute approximate surface area is 105 Å². The normalized spacial score (nSPS) is 10.5. The van der Waals surface area contributed by atoms with Gasteiger partial charge in [0.15, 0.2) is 0 Å². The van der Waals surface area contributed by atoms with Crippen molar-refractivity contribution >= 4 is 11.3 Å². The van der Waals surface area contributed by atoms with E-state index in [9.17, 15) is 0 Å². The minimum Gasteiger partial charge on any atom is -0.431 e. The molecule has 0 fully saturated rings. The van der Waals surface area contributed by atoms with E-state index in [1.807, 2.05) is 38.1 Å². The van der Waals surface area contributed by atoms with Crippen LogP contribution in [0.25, 0.3) is 0 Å². The third-order valence-corrected chi connectivity index (χ3v) is 3.49. The number of rotatable bonds is 4. The van der Waals surface area contributed by atoms with Gasteiger partial charge in [-0.15, -0.1) is 0 Å². The average Bonchev–Trinajstić information content (AvgIpc) is 2.61. The molecule has 0 saturated heterocycles. The summed E-state index contributed by atoms with van der Waals surface area (Å²) in [5, 5.41) is 9.49. The molecule has 0 saturated carbocycles. The summed E-state index contributed by atoms with van der Waals surface area (Å²) in [5.41, 5.74) is 2.12. The molecule has 0 radical (unpaired) electrons. The van der Waals surface area contributed by atoms with E-state index in [4.69, 9.17) is 9.84 Å². The number of nitrogens with zero attached hydrogens (tertiary/aromatic N) is 1. The number of hydrogen-bond acceptors (Lipinski definition) is 4. The Bertz CT molecular complexity index is 471. The Balaban J connectivity index is 2.08. The lowest BCUT2D eigenvalue weighted by Crippen LogP contribution is -1.90. The number of ether oxygens (including phenoxy) is 1. The van der Waals surface area contributed by atoms with Crippen molar-refractivity contribution in [2.45, 2.75) is 20.3 Å². The number of aryl methyl sites for hydroxylation is 2. The largest absolute Gasteiger partial charge is 0.431 e. The molecule has 1 N–H and O–H groups in total. The third kappa shape index (κ3) is 3.05. The monoisotopic (exact) mass is 249 g/mol. The molecule has 3 nitrogen and oxygen atoms in total. The number of aromatic nitrogens is 1. The lowest BCUT2D eigenvalue weighted by Gasteiger charge is -2.02. The van der Waals surface area contributed by atoms with Gasteiger partial charge in [-0.3, -0.25) is 0 Å². The summed E-state index contributed by atoms with van der Waals surface area (Å²) in [7, 11) is 0. The molecule has 0 bridgehead atoms. The first-order chi connectivity index (χ1) is 8.19. The van der Waals surface area contributed by atoms with Gasteiger partial charge in [-0.1, -0.05) is 23.5 Å². The molecule has 90 valence electrons. The molecule has 2 rings (SSSR count). The van der Waals surface area contributed by atoms with Crippen LogP contribution in [-0.4, -0.2) is 16.7 Å². The van der Waals surface area contributed by atoms with Gasteiger partial charge in [0.25, 0.3) is 5.19 Å². The summed E-state index contributed by atoms with van der Waals surface area (Å²) in [4.78, 5) is 5.50. The van der Waals surface area contributed by atoms with Crippen molar-refractivity contribution in [1.29, 1.82) is 0 Å². The fourth-order valence-corrected chi connectivity index (χ4v) is 2.22. The first-order valence-corrected chi connectivity index (χ1v) is 6.32. The van der Waals surface area contributed by atoms with E-state index in [1.165, 1.54) is 4.88 Å². The van der Waals surface area contributed by atoms with Crippen molar-refractivity contribution < 1.29 is 9.84 Å². The van der Waals surface area contributed by atoms with Crippen LogP contribution in [0.2, 0.25) is 0 Å². The van der Waals surface area contributed by atoms with E-state index < -0.39 is 0 Å². The highest BCUT2D eigenvalue weighted by molar-refractivity contribution is 7.13. The van der Waals surface area contributed by atoms with Gasteiger partial charge < -0.3 is 9.84 Å². The molecular formula is C13H15NO2S. The van der Waals surface area contributed by atoms with Crippen LogP contribution in [0.1, 0.15) is 16.1 Å². The van der Waals surface area contributed by atoms with Crippen LogP contribution < -0.4 is 4.74 Å². The number of thiazole rings is 1. The maximum Gasteiger partial charge on any atom is 0.279 e. The Hall–Kier alpha value is -1.39. The van der Waals surface area contributed by atoms with Gasteiger partial charge in [-0.2, -0.15) is 0 Å². The van der Waals surface area contributed by atoms with Crippen LogP contribution in [0.15, 0.2) is 24.3 Å². The van der Waals surface area contributed by atoms with Crippen LogP contribution in [0.5, 0.6) is 10.9 Å². The predicted octanol–water partition coefficient (Wildman–Crippen LogP) is 3.09. The lowest BCUT2D eigenvalue weighted by molar-refractivity contribution is 0.299. The number of aliphatic hydroxyl groups is 1. The quantitative estimate of drug-likeness (QED) is 0.905. The molecule has 0 atom stereocenters. The van der Waals surface area contributed by atoms with Gasteiger partial charge in [-0.25, -0.2) is 4.98 Å². The summed E-state index contributed by atoms with van der Waals surface area (Å²) in [6.07, 6.45) is 0.676.